The molecule has 3 aliphatic rings. The van der Waals surface area contributed by atoms with Crippen molar-refractivity contribution >= 4 is 5.91 Å². The van der Waals surface area contributed by atoms with Crippen LogP contribution in [0, 0.1) is 5.92 Å². The molecule has 0 radical (unpaired) electrons. The molecule has 0 bridgehead atoms. The molecule has 24 heavy (non-hydrogen) atoms. The third-order valence-corrected chi connectivity index (χ3v) is 5.41. The Bertz CT molecular complexity index is 615. The number of likely N-dealkylation sites (tertiary alicyclic amines) is 1. The molecule has 0 aromatic heterocycles. The number of β-amino-alcohol motifs (C(OH)–C–C–N with tert-alkyl or cyclic N) is 1. The van der Waals surface area contributed by atoms with Gasteiger partial charge in [0.2, 0.25) is 12.7 Å². The Morgan fingerprint density at radius 3 is 2.75 bits per heavy atom. The van der Waals surface area contributed by atoms with Gasteiger partial charge in [-0.1, -0.05) is 6.07 Å². The zero-order chi connectivity index (χ0) is 16.5. The highest BCUT2D eigenvalue weighted by Gasteiger charge is 2.34. The van der Waals surface area contributed by atoms with Crippen molar-refractivity contribution in [3.8, 4) is 11.5 Å². The maximum Gasteiger partial charge on any atom is 0.231 e. The molecule has 6 nitrogen and oxygen atoms in total. The standard InChI is InChI=1S/C18H24N2O4/c21-15-10-20(18(22)12-3-6-19-7-4-12)8-5-14(15)13-1-2-16-17(9-13)24-11-23-16/h1-2,9,12,14-15,19,21H,3-8,10-11H2/t14-,15+/m0/s1. The molecule has 0 saturated carbocycles. The third kappa shape index (κ3) is 2.96. The molecule has 3 aliphatic heterocycles. The Balaban J connectivity index is 1.42. The molecule has 130 valence electrons. The van der Waals surface area contributed by atoms with Crippen molar-refractivity contribution < 1.29 is 19.4 Å². The van der Waals surface area contributed by atoms with E-state index in [0.29, 0.717) is 13.1 Å². The number of benzene rings is 1. The third-order valence-electron chi connectivity index (χ3n) is 5.41. The van der Waals surface area contributed by atoms with Crippen LogP contribution in [0.15, 0.2) is 18.2 Å². The van der Waals surface area contributed by atoms with Gasteiger partial charge in [0.25, 0.3) is 0 Å². The van der Waals surface area contributed by atoms with Crippen LogP contribution in [-0.4, -0.2) is 55.0 Å². The molecule has 3 heterocycles. The number of hydrogen-bond donors (Lipinski definition) is 2. The van der Waals surface area contributed by atoms with E-state index in [2.05, 4.69) is 5.32 Å². The molecular formula is C18H24N2O4. The summed E-state index contributed by atoms with van der Waals surface area (Å²) in [4.78, 5) is 14.5. The molecule has 1 aromatic rings. The van der Waals surface area contributed by atoms with Crippen LogP contribution in [0.25, 0.3) is 0 Å². The van der Waals surface area contributed by atoms with Crippen LogP contribution in [-0.2, 0) is 4.79 Å². The van der Waals surface area contributed by atoms with Crippen molar-refractivity contribution in [2.24, 2.45) is 5.92 Å². The van der Waals surface area contributed by atoms with Gasteiger partial charge >= 0.3 is 0 Å². The van der Waals surface area contributed by atoms with Crippen molar-refractivity contribution in [1.29, 1.82) is 0 Å². The first-order valence-electron chi connectivity index (χ1n) is 8.79. The number of nitrogens with zero attached hydrogens (tertiary/aromatic N) is 1. The van der Waals surface area contributed by atoms with Gasteiger partial charge in [0.15, 0.2) is 11.5 Å². The van der Waals surface area contributed by atoms with E-state index in [0.717, 1.165) is 49.4 Å². The number of nitrogens with one attached hydrogen (secondary N) is 1. The number of ether oxygens (including phenoxy) is 2. The first-order valence-corrected chi connectivity index (χ1v) is 8.79. The lowest BCUT2D eigenvalue weighted by atomic mass is 9.86. The lowest BCUT2D eigenvalue weighted by molar-refractivity contribution is -0.139. The Hall–Kier alpha value is -1.79. The summed E-state index contributed by atoms with van der Waals surface area (Å²) in [6, 6.07) is 5.85. The summed E-state index contributed by atoms with van der Waals surface area (Å²) < 4.78 is 10.8. The molecule has 1 amide bonds. The van der Waals surface area contributed by atoms with Gasteiger partial charge in [0.05, 0.1) is 6.10 Å². The van der Waals surface area contributed by atoms with E-state index in [9.17, 15) is 9.90 Å². The van der Waals surface area contributed by atoms with Gasteiger partial charge in [-0.2, -0.15) is 0 Å². The predicted molar refractivity (Wildman–Crippen MR) is 88.1 cm³/mol. The molecule has 2 fully saturated rings. The van der Waals surface area contributed by atoms with Crippen LogP contribution in [0.5, 0.6) is 11.5 Å². The Kier molecular flexibility index (Phi) is 4.33. The summed E-state index contributed by atoms with van der Waals surface area (Å²) in [7, 11) is 0. The average molecular weight is 332 g/mol. The van der Waals surface area contributed by atoms with Gasteiger partial charge in [-0.05, 0) is 50.0 Å². The molecule has 4 rings (SSSR count). The van der Waals surface area contributed by atoms with Gasteiger partial charge in [0, 0.05) is 24.9 Å². The second kappa shape index (κ2) is 6.61. The average Bonchev–Trinajstić information content (AvgIpc) is 3.09. The second-order valence-corrected chi connectivity index (χ2v) is 6.88. The van der Waals surface area contributed by atoms with Crippen molar-refractivity contribution in [3.63, 3.8) is 0 Å². The quantitative estimate of drug-likeness (QED) is 0.848. The normalized spacial score (nSPS) is 27.3. The molecule has 1 aromatic carbocycles. The number of amides is 1. The lowest BCUT2D eigenvalue weighted by Gasteiger charge is -2.38. The van der Waals surface area contributed by atoms with Crippen LogP contribution in [0.2, 0.25) is 0 Å². The highest BCUT2D eigenvalue weighted by Crippen LogP contribution is 2.37. The largest absolute Gasteiger partial charge is 0.454 e. The van der Waals surface area contributed by atoms with Crippen LogP contribution >= 0.6 is 0 Å². The van der Waals surface area contributed by atoms with Crippen LogP contribution in [0.4, 0.5) is 0 Å². The van der Waals surface area contributed by atoms with Gasteiger partial charge in [-0.15, -0.1) is 0 Å². The van der Waals surface area contributed by atoms with E-state index in [4.69, 9.17) is 9.47 Å². The van der Waals surface area contributed by atoms with Crippen molar-refractivity contribution in [3.05, 3.63) is 23.8 Å². The molecule has 0 unspecified atom stereocenters. The minimum absolute atomic E-state index is 0.0385. The lowest BCUT2D eigenvalue weighted by Crippen LogP contribution is -2.49. The van der Waals surface area contributed by atoms with Crippen molar-refractivity contribution in [2.75, 3.05) is 33.0 Å². The van der Waals surface area contributed by atoms with E-state index >= 15 is 0 Å². The monoisotopic (exact) mass is 332 g/mol. The first kappa shape index (κ1) is 15.7. The number of carbonyl (C=O) groups is 1. The molecular weight excluding hydrogens is 308 g/mol. The number of piperidine rings is 2. The minimum atomic E-state index is -0.537. The molecule has 0 spiro atoms. The summed E-state index contributed by atoms with van der Waals surface area (Å²) in [5.74, 6) is 1.86. The van der Waals surface area contributed by atoms with Crippen molar-refractivity contribution in [2.45, 2.75) is 31.3 Å². The van der Waals surface area contributed by atoms with Crippen LogP contribution in [0.1, 0.15) is 30.7 Å². The zero-order valence-corrected chi connectivity index (χ0v) is 13.7. The topological polar surface area (TPSA) is 71.0 Å². The van der Waals surface area contributed by atoms with Gasteiger partial charge in [0.1, 0.15) is 0 Å². The fraction of sp³-hybridized carbons (Fsp3) is 0.611. The Morgan fingerprint density at radius 2 is 1.96 bits per heavy atom. The van der Waals surface area contributed by atoms with E-state index in [1.165, 1.54) is 0 Å². The molecule has 2 N–H and O–H groups in total. The highest BCUT2D eigenvalue weighted by molar-refractivity contribution is 5.79. The smallest absolute Gasteiger partial charge is 0.231 e. The van der Waals surface area contributed by atoms with Crippen LogP contribution < -0.4 is 14.8 Å². The van der Waals surface area contributed by atoms with E-state index in [1.54, 1.807) is 0 Å². The maximum absolute atomic E-state index is 12.6. The molecule has 0 aliphatic carbocycles. The number of carbonyl (C=O) groups excluding carboxylic acids is 1. The number of hydrogen-bond acceptors (Lipinski definition) is 5. The molecule has 6 heteroatoms. The summed E-state index contributed by atoms with van der Waals surface area (Å²) in [5.41, 5.74) is 1.06. The van der Waals surface area contributed by atoms with Crippen LogP contribution in [0.3, 0.4) is 0 Å². The van der Waals surface area contributed by atoms with E-state index in [1.807, 2.05) is 23.1 Å². The number of aliphatic hydroxyl groups excluding tert-OH is 1. The van der Waals surface area contributed by atoms with Crippen molar-refractivity contribution in [1.82, 2.24) is 10.2 Å². The summed E-state index contributed by atoms with van der Waals surface area (Å²) in [6.07, 6.45) is 2.04. The zero-order valence-electron chi connectivity index (χ0n) is 13.7. The first-order chi connectivity index (χ1) is 11.7. The maximum atomic E-state index is 12.6. The fourth-order valence-electron chi connectivity index (χ4n) is 3.99. The molecule has 2 atom stereocenters. The minimum Gasteiger partial charge on any atom is -0.454 e. The number of aliphatic hydroxyl groups is 1. The SMILES string of the molecule is O=C(C1CCNCC1)N1CC[C@@H](c2ccc3c(c2)OCO3)[C@H](O)C1. The van der Waals surface area contributed by atoms with Gasteiger partial charge < -0.3 is 24.8 Å². The summed E-state index contributed by atoms with van der Waals surface area (Å²) in [5, 5.41) is 13.9. The highest BCUT2D eigenvalue weighted by atomic mass is 16.7. The summed E-state index contributed by atoms with van der Waals surface area (Å²) in [6.45, 7) is 3.20. The van der Waals surface area contributed by atoms with Gasteiger partial charge in [-0.25, -0.2) is 0 Å². The second-order valence-electron chi connectivity index (χ2n) is 6.88. The van der Waals surface area contributed by atoms with E-state index < -0.39 is 6.10 Å². The van der Waals surface area contributed by atoms with E-state index in [-0.39, 0.29) is 24.5 Å². The van der Waals surface area contributed by atoms with Gasteiger partial charge in [-0.3, -0.25) is 4.79 Å². The number of rotatable bonds is 2. The fourth-order valence-corrected chi connectivity index (χ4v) is 3.99. The number of fused-ring (bicyclic) bond motifs is 1. The predicted octanol–water partition coefficient (Wildman–Crippen LogP) is 1.09. The Labute approximate surface area is 141 Å². The Morgan fingerprint density at radius 1 is 1.17 bits per heavy atom. The molecule has 2 saturated heterocycles. The summed E-state index contributed by atoms with van der Waals surface area (Å²) >= 11 is 0.